The molecular weight excluding hydrogens is 634 g/mol. The van der Waals surface area contributed by atoms with Gasteiger partial charge in [-0.15, -0.1) is 13.2 Å². The number of alkyl halides is 6. The van der Waals surface area contributed by atoms with Crippen molar-refractivity contribution in [1.29, 1.82) is 0 Å². The summed E-state index contributed by atoms with van der Waals surface area (Å²) < 4.78 is 112. The van der Waals surface area contributed by atoms with Crippen LogP contribution in [0, 0.1) is 0 Å². The number of sulfone groups is 1. The van der Waals surface area contributed by atoms with E-state index >= 15 is 0 Å². The monoisotopic (exact) mass is 654 g/mol. The molecule has 0 aliphatic carbocycles. The highest BCUT2D eigenvalue weighted by Gasteiger charge is 2.34. The lowest BCUT2D eigenvalue weighted by Crippen LogP contribution is -2.24. The molecule has 0 aliphatic heterocycles. The van der Waals surface area contributed by atoms with Crippen LogP contribution in [-0.2, 0) is 29.6 Å². The van der Waals surface area contributed by atoms with Crippen LogP contribution >= 0.6 is 0 Å². The van der Waals surface area contributed by atoms with E-state index in [1.54, 1.807) is 0 Å². The lowest BCUT2D eigenvalue weighted by atomic mass is 10.1. The highest BCUT2D eigenvalue weighted by atomic mass is 32.2. The molecule has 1 amide bonds. The number of halogens is 6. The first-order valence-corrected chi connectivity index (χ1v) is 14.4. The molecule has 0 bridgehead atoms. The van der Waals surface area contributed by atoms with Gasteiger partial charge in [-0.25, -0.2) is 18.5 Å². The van der Waals surface area contributed by atoms with Crippen LogP contribution in [0.25, 0.3) is 11.0 Å². The SMILES string of the molecule is Cn1/c(=N\c2ccc(OC(F)(F)F)cc2)n(Cc2ccc(C(=O)Nc3nnn[nH]3)cc2)c2cc(C(F)(F)F)cc(S(C)(=O)=O)c21. The molecule has 2 N–H and O–H groups in total. The molecule has 0 radical (unpaired) electrons. The number of benzene rings is 3. The van der Waals surface area contributed by atoms with E-state index in [1.165, 1.54) is 52.6 Å². The normalized spacial score (nSPS) is 12.9. The third kappa shape index (κ3) is 6.97. The third-order valence-corrected chi connectivity index (χ3v) is 7.49. The average molecular weight is 655 g/mol. The molecule has 0 aliphatic rings. The van der Waals surface area contributed by atoms with E-state index in [0.29, 0.717) is 11.6 Å². The summed E-state index contributed by atoms with van der Waals surface area (Å²) in [6.07, 6.45) is -9.06. The Hall–Kier alpha value is -5.20. The van der Waals surface area contributed by atoms with Crippen molar-refractivity contribution in [3.63, 3.8) is 0 Å². The molecule has 236 valence electrons. The number of rotatable bonds is 7. The Kier molecular flexibility index (Phi) is 7.90. The van der Waals surface area contributed by atoms with Crippen LogP contribution in [0.4, 0.5) is 38.0 Å². The number of ether oxygens (including phenoxy) is 1. The molecule has 45 heavy (non-hydrogen) atoms. The number of hydrogen-bond acceptors (Lipinski definition) is 8. The van der Waals surface area contributed by atoms with Gasteiger partial charge in [0.1, 0.15) is 5.75 Å². The highest BCUT2D eigenvalue weighted by Crippen LogP contribution is 2.35. The first-order valence-electron chi connectivity index (χ1n) is 12.5. The minimum atomic E-state index is -4.93. The van der Waals surface area contributed by atoms with Gasteiger partial charge in [-0.1, -0.05) is 17.2 Å². The zero-order valence-electron chi connectivity index (χ0n) is 23.0. The fraction of sp³-hybridized carbons (Fsp3) is 0.192. The minimum Gasteiger partial charge on any atom is -0.406 e. The number of nitrogens with zero attached hydrogens (tertiary/aromatic N) is 6. The maximum absolute atomic E-state index is 13.9. The molecule has 2 heterocycles. The molecule has 0 saturated heterocycles. The number of amides is 1. The van der Waals surface area contributed by atoms with E-state index < -0.39 is 44.5 Å². The second-order valence-corrected chi connectivity index (χ2v) is 11.6. The van der Waals surface area contributed by atoms with Crippen molar-refractivity contribution in [2.75, 3.05) is 11.6 Å². The Morgan fingerprint density at radius 1 is 1.02 bits per heavy atom. The van der Waals surface area contributed by atoms with Crippen LogP contribution in [0.1, 0.15) is 21.5 Å². The predicted octanol–water partition coefficient (Wildman–Crippen LogP) is 4.35. The highest BCUT2D eigenvalue weighted by molar-refractivity contribution is 7.91. The lowest BCUT2D eigenvalue weighted by molar-refractivity contribution is -0.274. The number of anilines is 1. The van der Waals surface area contributed by atoms with E-state index in [0.717, 1.165) is 24.5 Å². The maximum Gasteiger partial charge on any atom is 0.573 e. The Balaban J connectivity index is 1.66. The molecule has 0 atom stereocenters. The Labute approximate surface area is 248 Å². The smallest absolute Gasteiger partial charge is 0.406 e. The van der Waals surface area contributed by atoms with Crippen molar-refractivity contribution in [3.8, 4) is 5.75 Å². The predicted molar refractivity (Wildman–Crippen MR) is 145 cm³/mol. The molecule has 0 unspecified atom stereocenters. The molecule has 0 spiro atoms. The largest absolute Gasteiger partial charge is 0.573 e. The number of aryl methyl sites for hydroxylation is 1. The third-order valence-electron chi connectivity index (χ3n) is 6.38. The van der Waals surface area contributed by atoms with Crippen LogP contribution in [0.3, 0.4) is 0 Å². The van der Waals surface area contributed by atoms with Crippen molar-refractivity contribution >= 4 is 38.4 Å². The zero-order chi connectivity index (χ0) is 32.7. The van der Waals surface area contributed by atoms with Gasteiger partial charge in [0.2, 0.25) is 11.6 Å². The fourth-order valence-electron chi connectivity index (χ4n) is 4.44. The number of tetrazole rings is 1. The number of fused-ring (bicyclic) bond motifs is 1. The van der Waals surface area contributed by atoms with E-state index in [9.17, 15) is 39.6 Å². The summed E-state index contributed by atoms with van der Waals surface area (Å²) in [6.45, 7) is -0.149. The molecule has 2 aromatic heterocycles. The summed E-state index contributed by atoms with van der Waals surface area (Å²) in [7, 11) is -2.81. The number of aromatic nitrogens is 6. The van der Waals surface area contributed by atoms with Gasteiger partial charge in [-0.3, -0.25) is 10.1 Å². The molecule has 5 aromatic rings. The van der Waals surface area contributed by atoms with Gasteiger partial charge >= 0.3 is 12.5 Å². The van der Waals surface area contributed by atoms with Crippen LogP contribution in [0.5, 0.6) is 5.75 Å². The lowest BCUT2D eigenvalue weighted by Gasteiger charge is -2.12. The van der Waals surface area contributed by atoms with E-state index in [2.05, 4.69) is 35.7 Å². The van der Waals surface area contributed by atoms with Gasteiger partial charge in [0.05, 0.1) is 33.7 Å². The quantitative estimate of drug-likeness (QED) is 0.248. The van der Waals surface area contributed by atoms with Gasteiger partial charge in [0, 0.05) is 18.9 Å². The number of aromatic amines is 1. The maximum atomic E-state index is 13.9. The van der Waals surface area contributed by atoms with Crippen molar-refractivity contribution < 1.29 is 44.3 Å². The molecular formula is C26H20F6N8O4S. The molecule has 19 heteroatoms. The Morgan fingerprint density at radius 3 is 2.24 bits per heavy atom. The summed E-state index contributed by atoms with van der Waals surface area (Å²) >= 11 is 0. The Morgan fingerprint density at radius 2 is 1.69 bits per heavy atom. The molecule has 3 aromatic carbocycles. The number of carbonyl (C=O) groups is 1. The van der Waals surface area contributed by atoms with E-state index in [4.69, 9.17) is 0 Å². The van der Waals surface area contributed by atoms with Crippen LogP contribution in [-0.4, -0.2) is 56.7 Å². The van der Waals surface area contributed by atoms with Gasteiger partial charge in [0.15, 0.2) is 9.84 Å². The van der Waals surface area contributed by atoms with Crippen molar-refractivity contribution in [3.05, 3.63) is 83.0 Å². The summed E-state index contributed by atoms with van der Waals surface area (Å²) in [5.41, 5.74) is -0.699. The Bertz CT molecular complexity index is 2050. The van der Waals surface area contributed by atoms with Gasteiger partial charge in [-0.2, -0.15) is 13.2 Å². The second-order valence-electron chi connectivity index (χ2n) is 9.61. The van der Waals surface area contributed by atoms with Gasteiger partial charge in [-0.05, 0) is 64.5 Å². The number of carbonyl (C=O) groups excluding carboxylic acids is 1. The summed E-state index contributed by atoms with van der Waals surface area (Å²) in [5, 5.41) is 15.1. The second kappa shape index (κ2) is 11.4. The first kappa shape index (κ1) is 31.2. The van der Waals surface area contributed by atoms with E-state index in [-0.39, 0.29) is 40.4 Å². The van der Waals surface area contributed by atoms with Crippen molar-refractivity contribution in [1.82, 2.24) is 29.8 Å². The standard InChI is InChI=1S/C26H20F6N8O4S/c1-39-21-19(11-16(25(27,28)29)12-20(21)45(2,42)43)40(24(39)33-17-7-9-18(10-8-17)44-26(30,31)32)13-14-3-5-15(6-4-14)22(41)34-23-35-37-38-36-23/h3-12H,13H2,1-2H3,(H2,34,35,36,37,38,41)/b33-24+. The number of nitrogens with one attached hydrogen (secondary N) is 2. The topological polar surface area (TPSA) is 149 Å². The number of imidazole rings is 1. The number of hydrogen-bond donors (Lipinski definition) is 2. The molecule has 0 fully saturated rings. The van der Waals surface area contributed by atoms with Crippen LogP contribution < -0.4 is 15.7 Å². The van der Waals surface area contributed by atoms with Gasteiger partial charge < -0.3 is 13.9 Å². The molecule has 0 saturated carbocycles. The summed E-state index contributed by atoms with van der Waals surface area (Å²) in [4.78, 5) is 16.3. The van der Waals surface area contributed by atoms with Crippen molar-refractivity contribution in [2.24, 2.45) is 12.0 Å². The fourth-order valence-corrected chi connectivity index (χ4v) is 5.37. The molecule has 5 rings (SSSR count). The van der Waals surface area contributed by atoms with Crippen LogP contribution in [0.2, 0.25) is 0 Å². The minimum absolute atomic E-state index is 0.00166. The van der Waals surface area contributed by atoms with Crippen molar-refractivity contribution in [2.45, 2.75) is 24.0 Å². The average Bonchev–Trinajstić information content (AvgIpc) is 3.54. The number of H-pyrrole nitrogens is 1. The first-order chi connectivity index (χ1) is 21.0. The van der Waals surface area contributed by atoms with Gasteiger partial charge in [0.25, 0.3) is 5.91 Å². The van der Waals surface area contributed by atoms with E-state index in [1.807, 2.05) is 0 Å². The van der Waals surface area contributed by atoms with Crippen LogP contribution in [0.15, 0.2) is 70.6 Å². The zero-order valence-corrected chi connectivity index (χ0v) is 23.8. The molecule has 12 nitrogen and oxygen atoms in total. The summed E-state index contributed by atoms with van der Waals surface area (Å²) in [6, 6.07) is 11.7. The summed E-state index contributed by atoms with van der Waals surface area (Å²) in [5.74, 6) is -1.08.